The van der Waals surface area contributed by atoms with Gasteiger partial charge < -0.3 is 10.4 Å². The van der Waals surface area contributed by atoms with E-state index in [9.17, 15) is 4.39 Å². The highest BCUT2D eigenvalue weighted by atomic mass is 19.1. The molecule has 0 amide bonds. The van der Waals surface area contributed by atoms with Crippen LogP contribution in [0.2, 0.25) is 0 Å². The van der Waals surface area contributed by atoms with Crippen LogP contribution in [0.3, 0.4) is 0 Å². The molecule has 1 aromatic carbocycles. The van der Waals surface area contributed by atoms with Gasteiger partial charge in [-0.15, -0.1) is 0 Å². The second-order valence-electron chi connectivity index (χ2n) is 4.54. The van der Waals surface area contributed by atoms with Crippen LogP contribution in [-0.2, 0) is 0 Å². The van der Waals surface area contributed by atoms with E-state index in [0.29, 0.717) is 5.92 Å². The van der Waals surface area contributed by atoms with Crippen LogP contribution in [0.4, 0.5) is 4.39 Å². The Hall–Kier alpha value is -0.930. The zero-order chi connectivity index (χ0) is 12.7. The molecule has 17 heavy (non-hydrogen) atoms. The van der Waals surface area contributed by atoms with Gasteiger partial charge in [0.25, 0.3) is 0 Å². The zero-order valence-corrected chi connectivity index (χ0v) is 10.6. The number of rotatable bonds is 7. The van der Waals surface area contributed by atoms with Gasteiger partial charge in [0.15, 0.2) is 0 Å². The third-order valence-corrected chi connectivity index (χ3v) is 3.02. The lowest BCUT2D eigenvalue weighted by molar-refractivity contribution is 0.257. The fraction of sp³-hybridized carbons (Fsp3) is 0.571. The Bertz CT molecular complexity index is 313. The lowest BCUT2D eigenvalue weighted by Crippen LogP contribution is -2.26. The van der Waals surface area contributed by atoms with Gasteiger partial charge in [-0.2, -0.15) is 0 Å². The molecule has 96 valence electrons. The van der Waals surface area contributed by atoms with Gasteiger partial charge in [-0.25, -0.2) is 4.39 Å². The Morgan fingerprint density at radius 2 is 1.94 bits per heavy atom. The van der Waals surface area contributed by atoms with Gasteiger partial charge >= 0.3 is 0 Å². The van der Waals surface area contributed by atoms with E-state index in [0.717, 1.165) is 24.9 Å². The van der Waals surface area contributed by atoms with E-state index in [1.807, 2.05) is 12.1 Å². The summed E-state index contributed by atoms with van der Waals surface area (Å²) < 4.78 is 12.8. The molecule has 1 aromatic rings. The number of nitrogens with one attached hydrogen (secondary N) is 1. The SMILES string of the molecule is CCC(NCC(C)CCO)c1ccc(F)cc1. The number of aliphatic hydroxyl groups is 1. The van der Waals surface area contributed by atoms with Crippen molar-refractivity contribution in [3.63, 3.8) is 0 Å². The Morgan fingerprint density at radius 1 is 1.29 bits per heavy atom. The molecule has 0 heterocycles. The predicted molar refractivity (Wildman–Crippen MR) is 68.3 cm³/mol. The van der Waals surface area contributed by atoms with E-state index in [4.69, 9.17) is 5.11 Å². The van der Waals surface area contributed by atoms with Gasteiger partial charge in [0.1, 0.15) is 5.82 Å². The van der Waals surface area contributed by atoms with Crippen molar-refractivity contribution in [2.45, 2.75) is 32.7 Å². The molecule has 0 aliphatic rings. The summed E-state index contributed by atoms with van der Waals surface area (Å²) in [5.74, 6) is 0.256. The molecule has 0 saturated heterocycles. The summed E-state index contributed by atoms with van der Waals surface area (Å²) in [4.78, 5) is 0. The van der Waals surface area contributed by atoms with Crippen molar-refractivity contribution in [3.8, 4) is 0 Å². The highest BCUT2D eigenvalue weighted by molar-refractivity contribution is 5.19. The van der Waals surface area contributed by atoms with Crippen LogP contribution in [0.25, 0.3) is 0 Å². The highest BCUT2D eigenvalue weighted by Gasteiger charge is 2.10. The van der Waals surface area contributed by atoms with Crippen molar-refractivity contribution >= 4 is 0 Å². The van der Waals surface area contributed by atoms with Crippen molar-refractivity contribution < 1.29 is 9.50 Å². The molecule has 2 unspecified atom stereocenters. The number of benzene rings is 1. The molecule has 0 spiro atoms. The molecule has 2 nitrogen and oxygen atoms in total. The van der Waals surface area contributed by atoms with Gasteiger partial charge in [-0.1, -0.05) is 26.0 Å². The molecular weight excluding hydrogens is 217 g/mol. The number of hydrogen-bond acceptors (Lipinski definition) is 2. The second-order valence-corrected chi connectivity index (χ2v) is 4.54. The van der Waals surface area contributed by atoms with Crippen molar-refractivity contribution in [1.82, 2.24) is 5.32 Å². The van der Waals surface area contributed by atoms with E-state index < -0.39 is 0 Å². The summed E-state index contributed by atoms with van der Waals surface area (Å²) in [5, 5.41) is 12.3. The summed E-state index contributed by atoms with van der Waals surface area (Å²) in [6.07, 6.45) is 1.78. The van der Waals surface area contributed by atoms with E-state index in [-0.39, 0.29) is 18.5 Å². The molecule has 0 aromatic heterocycles. The van der Waals surface area contributed by atoms with Crippen LogP contribution in [0, 0.1) is 11.7 Å². The maximum absolute atomic E-state index is 12.8. The first kappa shape index (κ1) is 14.1. The Labute approximate surface area is 103 Å². The molecule has 2 N–H and O–H groups in total. The van der Waals surface area contributed by atoms with E-state index in [2.05, 4.69) is 19.2 Å². The van der Waals surface area contributed by atoms with E-state index >= 15 is 0 Å². The minimum absolute atomic E-state index is 0.197. The van der Waals surface area contributed by atoms with Crippen molar-refractivity contribution in [2.75, 3.05) is 13.2 Å². The van der Waals surface area contributed by atoms with Gasteiger partial charge in [-0.05, 0) is 43.0 Å². The fourth-order valence-corrected chi connectivity index (χ4v) is 1.86. The van der Waals surface area contributed by atoms with Gasteiger partial charge in [0.2, 0.25) is 0 Å². The first-order valence-electron chi connectivity index (χ1n) is 6.27. The van der Waals surface area contributed by atoms with E-state index in [1.54, 1.807) is 0 Å². The van der Waals surface area contributed by atoms with Crippen LogP contribution in [0.5, 0.6) is 0 Å². The molecule has 0 radical (unpaired) electrons. The Kier molecular flexibility index (Phi) is 6.16. The van der Waals surface area contributed by atoms with Gasteiger partial charge in [0, 0.05) is 12.6 Å². The van der Waals surface area contributed by atoms with Gasteiger partial charge in [-0.3, -0.25) is 0 Å². The van der Waals surface area contributed by atoms with Crippen LogP contribution < -0.4 is 5.32 Å². The predicted octanol–water partition coefficient (Wildman–Crippen LogP) is 2.88. The monoisotopic (exact) mass is 239 g/mol. The van der Waals surface area contributed by atoms with Crippen LogP contribution in [0.1, 0.15) is 38.3 Å². The number of hydrogen-bond donors (Lipinski definition) is 2. The Morgan fingerprint density at radius 3 is 2.47 bits per heavy atom. The molecule has 0 aliphatic carbocycles. The third kappa shape index (κ3) is 4.84. The van der Waals surface area contributed by atoms with Crippen LogP contribution in [-0.4, -0.2) is 18.3 Å². The largest absolute Gasteiger partial charge is 0.396 e. The molecular formula is C14H22FNO. The standard InChI is InChI=1S/C14H22FNO/c1-3-14(16-10-11(2)8-9-17)12-4-6-13(15)7-5-12/h4-7,11,14,16-17H,3,8-10H2,1-2H3. The lowest BCUT2D eigenvalue weighted by atomic mass is 10.0. The quantitative estimate of drug-likeness (QED) is 0.767. The maximum Gasteiger partial charge on any atom is 0.123 e. The third-order valence-electron chi connectivity index (χ3n) is 3.02. The van der Waals surface area contributed by atoms with Crippen LogP contribution in [0.15, 0.2) is 24.3 Å². The van der Waals surface area contributed by atoms with E-state index in [1.165, 1.54) is 12.1 Å². The molecule has 0 aliphatic heterocycles. The molecule has 0 fully saturated rings. The van der Waals surface area contributed by atoms with Crippen molar-refractivity contribution in [1.29, 1.82) is 0 Å². The topological polar surface area (TPSA) is 32.3 Å². The summed E-state index contributed by atoms with van der Waals surface area (Å²) in [5.41, 5.74) is 1.12. The maximum atomic E-state index is 12.8. The Balaban J connectivity index is 2.51. The summed E-state index contributed by atoms with van der Waals surface area (Å²) in [6.45, 7) is 5.32. The highest BCUT2D eigenvalue weighted by Crippen LogP contribution is 2.17. The summed E-state index contributed by atoms with van der Waals surface area (Å²) >= 11 is 0. The van der Waals surface area contributed by atoms with Gasteiger partial charge in [0.05, 0.1) is 0 Å². The fourth-order valence-electron chi connectivity index (χ4n) is 1.86. The summed E-state index contributed by atoms with van der Waals surface area (Å²) in [6, 6.07) is 6.91. The molecule has 0 bridgehead atoms. The second kappa shape index (κ2) is 7.41. The minimum atomic E-state index is -0.197. The number of aliphatic hydroxyl groups excluding tert-OH is 1. The zero-order valence-electron chi connectivity index (χ0n) is 10.6. The molecule has 3 heteroatoms. The average molecular weight is 239 g/mol. The normalized spacial score (nSPS) is 14.6. The molecule has 2 atom stereocenters. The average Bonchev–Trinajstić information content (AvgIpc) is 2.32. The smallest absolute Gasteiger partial charge is 0.123 e. The lowest BCUT2D eigenvalue weighted by Gasteiger charge is -2.20. The van der Waals surface area contributed by atoms with Crippen molar-refractivity contribution in [3.05, 3.63) is 35.6 Å². The molecule has 1 rings (SSSR count). The number of halogens is 1. The summed E-state index contributed by atoms with van der Waals surface area (Å²) in [7, 11) is 0. The van der Waals surface area contributed by atoms with Crippen LogP contribution >= 0.6 is 0 Å². The first-order chi connectivity index (χ1) is 8.17. The molecule has 0 saturated carbocycles. The first-order valence-corrected chi connectivity index (χ1v) is 6.27. The minimum Gasteiger partial charge on any atom is -0.396 e. The van der Waals surface area contributed by atoms with Crippen molar-refractivity contribution in [2.24, 2.45) is 5.92 Å².